The topological polar surface area (TPSA) is 101 Å². The van der Waals surface area contributed by atoms with Crippen LogP contribution in [0.1, 0.15) is 48.3 Å². The Balaban J connectivity index is 1.94. The van der Waals surface area contributed by atoms with Crippen molar-refractivity contribution in [2.45, 2.75) is 45.2 Å². The van der Waals surface area contributed by atoms with Gasteiger partial charge in [0.1, 0.15) is 5.56 Å². The van der Waals surface area contributed by atoms with Gasteiger partial charge in [0.25, 0.3) is 0 Å². The van der Waals surface area contributed by atoms with Crippen LogP contribution < -0.4 is 14.3 Å². The van der Waals surface area contributed by atoms with E-state index in [1.807, 2.05) is 13.8 Å². The van der Waals surface area contributed by atoms with Crippen molar-refractivity contribution < 1.29 is 40.0 Å². The van der Waals surface area contributed by atoms with E-state index in [4.69, 9.17) is 9.47 Å². The molecule has 0 spiro atoms. The van der Waals surface area contributed by atoms with Crippen LogP contribution in [-0.2, 0) is 27.7 Å². The predicted molar refractivity (Wildman–Crippen MR) is 114 cm³/mol. The van der Waals surface area contributed by atoms with Crippen LogP contribution in [0.15, 0.2) is 23.1 Å². The van der Waals surface area contributed by atoms with Crippen molar-refractivity contribution >= 4 is 16.1 Å². The van der Waals surface area contributed by atoms with Crippen LogP contribution in [0.25, 0.3) is 11.3 Å². The Morgan fingerprint density at radius 2 is 2.00 bits per heavy atom. The number of hydrogen-bond acceptors (Lipinski definition) is 7. The zero-order valence-corrected chi connectivity index (χ0v) is 19.4. The number of pyridine rings is 1. The summed E-state index contributed by atoms with van der Waals surface area (Å²) in [5, 5.41) is 0. The molecule has 1 unspecified atom stereocenters. The number of rotatable bonds is 5. The van der Waals surface area contributed by atoms with Crippen molar-refractivity contribution in [1.82, 2.24) is 4.57 Å². The van der Waals surface area contributed by atoms with Gasteiger partial charge >= 0.3 is 21.6 Å². The van der Waals surface area contributed by atoms with Crippen LogP contribution in [0, 0.1) is 5.92 Å². The number of esters is 1. The van der Waals surface area contributed by atoms with Gasteiger partial charge in [0.2, 0.25) is 0 Å². The molecule has 0 radical (unpaired) electrons. The van der Waals surface area contributed by atoms with Crippen molar-refractivity contribution in [2.24, 2.45) is 5.92 Å². The summed E-state index contributed by atoms with van der Waals surface area (Å²) in [5.74, 6) is -1.39. The summed E-state index contributed by atoms with van der Waals surface area (Å²) in [6.45, 7) is 5.67. The van der Waals surface area contributed by atoms with E-state index in [1.165, 1.54) is 18.3 Å². The summed E-state index contributed by atoms with van der Waals surface area (Å²) in [6, 6.07) is 2.25. The third-order valence-electron chi connectivity index (χ3n) is 5.89. The van der Waals surface area contributed by atoms with Gasteiger partial charge in [-0.05, 0) is 30.9 Å². The van der Waals surface area contributed by atoms with Gasteiger partial charge in [-0.15, -0.1) is 0 Å². The maximum atomic E-state index is 12.9. The average molecular weight is 501 g/mol. The first-order chi connectivity index (χ1) is 15.9. The lowest BCUT2D eigenvalue weighted by Crippen LogP contribution is -2.30. The minimum atomic E-state index is -5.90. The molecule has 1 aromatic carbocycles. The fourth-order valence-corrected chi connectivity index (χ4v) is 4.83. The van der Waals surface area contributed by atoms with Gasteiger partial charge in [-0.2, -0.15) is 21.6 Å². The van der Waals surface area contributed by atoms with E-state index in [0.717, 1.165) is 0 Å². The monoisotopic (exact) mass is 501 g/mol. The molecule has 2 aliphatic rings. The third kappa shape index (κ3) is 3.93. The Hall–Kier alpha value is -3.02. The largest absolute Gasteiger partial charge is 0.534 e. The van der Waals surface area contributed by atoms with Gasteiger partial charge < -0.3 is 18.2 Å². The number of halogens is 3. The van der Waals surface area contributed by atoms with Crippen LogP contribution >= 0.6 is 0 Å². The summed E-state index contributed by atoms with van der Waals surface area (Å²) in [7, 11) is -5.90. The summed E-state index contributed by atoms with van der Waals surface area (Å²) in [4.78, 5) is 25.1. The highest BCUT2D eigenvalue weighted by Crippen LogP contribution is 2.49. The molecule has 0 amide bonds. The normalized spacial score (nSPS) is 17.0. The fraction of sp³-hybridized carbons (Fsp3) is 0.455. The minimum absolute atomic E-state index is 0.00257. The average Bonchev–Trinajstić information content (AvgIpc) is 3.21. The Morgan fingerprint density at radius 3 is 2.62 bits per heavy atom. The molecule has 0 saturated carbocycles. The highest BCUT2D eigenvalue weighted by molar-refractivity contribution is 7.88. The van der Waals surface area contributed by atoms with Crippen LogP contribution in [0.4, 0.5) is 13.2 Å². The van der Waals surface area contributed by atoms with E-state index < -0.39 is 32.8 Å². The first-order valence-electron chi connectivity index (χ1n) is 10.6. The Morgan fingerprint density at radius 1 is 1.29 bits per heavy atom. The molecule has 2 aliphatic heterocycles. The zero-order valence-electron chi connectivity index (χ0n) is 18.6. The first kappa shape index (κ1) is 24.1. The fourth-order valence-electron chi connectivity index (χ4n) is 4.38. The van der Waals surface area contributed by atoms with Crippen molar-refractivity contribution in [1.29, 1.82) is 0 Å². The maximum Gasteiger partial charge on any atom is 0.534 e. The zero-order chi connectivity index (χ0) is 25.0. The molecule has 3 heterocycles. The van der Waals surface area contributed by atoms with Crippen molar-refractivity contribution in [3.8, 4) is 22.8 Å². The molecule has 1 atom stereocenters. The second kappa shape index (κ2) is 8.33. The molecular formula is C22H22F3NO7S. The molecule has 0 fully saturated rings. The lowest BCUT2D eigenvalue weighted by Gasteiger charge is -2.34. The number of ether oxygens (including phenoxy) is 2. The van der Waals surface area contributed by atoms with Gasteiger partial charge in [0.05, 0.1) is 18.9 Å². The molecule has 0 aliphatic carbocycles. The molecule has 0 bridgehead atoms. The second-order valence-corrected chi connectivity index (χ2v) is 9.92. The highest BCUT2D eigenvalue weighted by Gasteiger charge is 2.49. The number of carbonyl (C=O) groups excluding carboxylic acids is 1. The number of hydrogen-bond donors (Lipinski definition) is 0. The minimum Gasteiger partial charge on any atom is -0.489 e. The molecule has 4 rings (SSSR count). The first-order valence-corrected chi connectivity index (χ1v) is 12.0. The molecule has 0 N–H and O–H groups in total. The predicted octanol–water partition coefficient (Wildman–Crippen LogP) is 3.61. The smallest absolute Gasteiger partial charge is 0.489 e. The SMILES string of the molecule is CCOC(=O)c1cn2c(cc1=O)-c1c(cc(OS(=O)(=O)C(F)(F)F)c3c1CCO3)CC2C(C)C. The Labute approximate surface area is 193 Å². The Bertz CT molecular complexity index is 1330. The maximum absolute atomic E-state index is 12.9. The van der Waals surface area contributed by atoms with Gasteiger partial charge in [-0.1, -0.05) is 13.8 Å². The van der Waals surface area contributed by atoms with E-state index in [-0.39, 0.29) is 42.9 Å². The molecule has 2 aromatic rings. The number of nitrogens with zero attached hydrogens (tertiary/aromatic N) is 1. The standard InChI is InChI=1S/C22H22F3NO7S/c1-4-31-21(28)14-10-26-15(11(2)3)7-12-8-18(33-34(29,30)22(23,24)25)20-13(5-6-32-20)19(12)16(26)9-17(14)27/h8-11,15H,4-7H2,1-3H3. The van der Waals surface area contributed by atoms with E-state index in [0.29, 0.717) is 28.8 Å². The van der Waals surface area contributed by atoms with E-state index >= 15 is 0 Å². The number of fused-ring (bicyclic) bond motifs is 5. The van der Waals surface area contributed by atoms with Gasteiger partial charge in [-0.3, -0.25) is 4.79 Å². The highest BCUT2D eigenvalue weighted by atomic mass is 32.2. The van der Waals surface area contributed by atoms with Gasteiger partial charge in [0.15, 0.2) is 16.9 Å². The van der Waals surface area contributed by atoms with Crippen molar-refractivity contribution in [3.05, 3.63) is 45.2 Å². The lowest BCUT2D eigenvalue weighted by atomic mass is 9.84. The molecule has 34 heavy (non-hydrogen) atoms. The second-order valence-electron chi connectivity index (χ2n) is 8.38. The molecule has 8 nitrogen and oxygen atoms in total. The number of alkyl halides is 3. The van der Waals surface area contributed by atoms with Crippen LogP contribution in [0.2, 0.25) is 0 Å². The van der Waals surface area contributed by atoms with Gasteiger partial charge in [0, 0.05) is 35.9 Å². The van der Waals surface area contributed by atoms with Crippen LogP contribution in [0.3, 0.4) is 0 Å². The number of aromatic nitrogens is 1. The number of carbonyl (C=O) groups is 1. The van der Waals surface area contributed by atoms with E-state index in [1.54, 1.807) is 11.5 Å². The summed E-state index contributed by atoms with van der Waals surface area (Å²) < 4.78 is 78.9. The number of benzene rings is 1. The Kier molecular flexibility index (Phi) is 5.91. The van der Waals surface area contributed by atoms with Crippen molar-refractivity contribution in [3.63, 3.8) is 0 Å². The lowest BCUT2D eigenvalue weighted by molar-refractivity contribution is -0.0500. The summed E-state index contributed by atoms with van der Waals surface area (Å²) in [5.41, 5.74) is -4.28. The quantitative estimate of drug-likeness (QED) is 0.351. The van der Waals surface area contributed by atoms with Crippen molar-refractivity contribution in [2.75, 3.05) is 13.2 Å². The van der Waals surface area contributed by atoms with Crippen LogP contribution in [0.5, 0.6) is 11.5 Å². The molecule has 12 heteroatoms. The van der Waals surface area contributed by atoms with E-state index in [9.17, 15) is 31.2 Å². The third-order valence-corrected chi connectivity index (χ3v) is 6.86. The summed E-state index contributed by atoms with van der Waals surface area (Å²) in [6.07, 6.45) is 2.03. The van der Waals surface area contributed by atoms with Crippen LogP contribution in [-0.4, -0.2) is 37.7 Å². The molecule has 184 valence electrons. The molecule has 1 aromatic heterocycles. The molecular weight excluding hydrogens is 479 g/mol. The summed E-state index contributed by atoms with van der Waals surface area (Å²) >= 11 is 0. The molecule has 0 saturated heterocycles. The van der Waals surface area contributed by atoms with E-state index in [2.05, 4.69) is 4.18 Å². The van der Waals surface area contributed by atoms with Gasteiger partial charge in [-0.25, -0.2) is 4.79 Å².